The molecule has 1 aliphatic rings. The molecule has 2 amide bonds. The van der Waals surface area contributed by atoms with Crippen molar-refractivity contribution in [1.29, 1.82) is 0 Å². The predicted molar refractivity (Wildman–Crippen MR) is 111 cm³/mol. The largest absolute Gasteiger partial charge is 0.318 e. The summed E-state index contributed by atoms with van der Waals surface area (Å²) in [5.41, 5.74) is 2.93. The molecule has 0 bridgehead atoms. The number of amides is 2. The molecule has 1 aromatic carbocycles. The fraction of sp³-hybridized carbons (Fsp3) is 0.333. The zero-order valence-electron chi connectivity index (χ0n) is 16.6. The molecule has 2 aromatic rings. The molecule has 0 N–H and O–H groups in total. The Kier molecular flexibility index (Phi) is 6.32. The van der Waals surface area contributed by atoms with Crippen LogP contribution >= 0.6 is 11.8 Å². The lowest BCUT2D eigenvalue weighted by atomic mass is 10.2. The summed E-state index contributed by atoms with van der Waals surface area (Å²) < 4.78 is 15.1. The van der Waals surface area contributed by atoms with E-state index < -0.39 is 5.91 Å². The zero-order chi connectivity index (χ0) is 21.1. The average Bonchev–Trinajstić information content (AvgIpc) is 2.97. The molecule has 152 valence electrons. The summed E-state index contributed by atoms with van der Waals surface area (Å²) in [5, 5.41) is 0.286. The maximum Gasteiger partial charge on any atom is 0.257 e. The van der Waals surface area contributed by atoms with E-state index in [4.69, 9.17) is 0 Å². The Labute approximate surface area is 172 Å². The number of ketones is 1. The molecule has 3 rings (SSSR count). The summed E-state index contributed by atoms with van der Waals surface area (Å²) in [6, 6.07) is 7.88. The van der Waals surface area contributed by atoms with Crippen LogP contribution in [0.2, 0.25) is 0 Å². The van der Waals surface area contributed by atoms with Gasteiger partial charge in [-0.25, -0.2) is 4.39 Å². The maximum atomic E-state index is 13.2. The number of benzene rings is 1. The van der Waals surface area contributed by atoms with Gasteiger partial charge in [0, 0.05) is 29.2 Å². The van der Waals surface area contributed by atoms with Crippen molar-refractivity contribution in [3.63, 3.8) is 0 Å². The molecule has 0 atom stereocenters. The first-order valence-electron chi connectivity index (χ1n) is 9.34. The van der Waals surface area contributed by atoms with Gasteiger partial charge >= 0.3 is 0 Å². The molecule has 6 nitrogen and oxygen atoms in total. The first-order chi connectivity index (χ1) is 13.8. The molecule has 8 heteroatoms. The van der Waals surface area contributed by atoms with E-state index in [0.29, 0.717) is 12.1 Å². The van der Waals surface area contributed by atoms with Crippen LogP contribution in [0.15, 0.2) is 35.3 Å². The van der Waals surface area contributed by atoms with Crippen LogP contribution in [0.3, 0.4) is 0 Å². The third-order valence-electron chi connectivity index (χ3n) is 4.65. The van der Waals surface area contributed by atoms with Gasteiger partial charge < -0.3 is 4.57 Å². The van der Waals surface area contributed by atoms with Gasteiger partial charge in [-0.15, -0.1) is 0 Å². The number of hydrogen-bond acceptors (Lipinski definition) is 4. The van der Waals surface area contributed by atoms with Crippen molar-refractivity contribution in [3.8, 4) is 5.69 Å². The van der Waals surface area contributed by atoms with Crippen LogP contribution in [0.25, 0.3) is 5.69 Å². The number of aromatic nitrogens is 1. The quantitative estimate of drug-likeness (QED) is 0.533. The van der Waals surface area contributed by atoms with E-state index in [0.717, 1.165) is 35.3 Å². The highest BCUT2D eigenvalue weighted by Crippen LogP contribution is 2.24. The lowest BCUT2D eigenvalue weighted by Crippen LogP contribution is -2.41. The van der Waals surface area contributed by atoms with Crippen LogP contribution in [0.1, 0.15) is 41.5 Å². The van der Waals surface area contributed by atoms with E-state index in [9.17, 15) is 18.8 Å². The highest BCUT2D eigenvalue weighted by atomic mass is 32.2. The van der Waals surface area contributed by atoms with Crippen LogP contribution in [0, 0.1) is 19.7 Å². The first kappa shape index (κ1) is 21.0. The zero-order valence-corrected chi connectivity index (χ0v) is 17.4. The molecular formula is C21H22FN3O3S. The van der Waals surface area contributed by atoms with Crippen molar-refractivity contribution in [2.75, 3.05) is 12.3 Å². The van der Waals surface area contributed by atoms with Crippen molar-refractivity contribution >= 4 is 34.5 Å². The van der Waals surface area contributed by atoms with E-state index in [-0.39, 0.29) is 34.8 Å². The number of halogens is 1. The molecule has 29 heavy (non-hydrogen) atoms. The molecule has 0 saturated heterocycles. The average molecular weight is 415 g/mol. The third-order valence-corrected chi connectivity index (χ3v) is 5.63. The highest BCUT2D eigenvalue weighted by Gasteiger charge is 2.28. The number of rotatable bonds is 6. The number of Topliss-reactive ketones (excluding diaryl/α,β-unsaturated/α-hetero) is 1. The first-order valence-corrected chi connectivity index (χ1v) is 10.3. The number of aliphatic imine (C=N–C) groups is 1. The third kappa shape index (κ3) is 4.48. The fourth-order valence-electron chi connectivity index (χ4n) is 3.33. The predicted octanol–water partition coefficient (Wildman–Crippen LogP) is 3.67. The normalized spacial score (nSPS) is 14.3. The number of thioether (sulfide) groups is 1. The van der Waals surface area contributed by atoms with Gasteiger partial charge in [0.1, 0.15) is 12.2 Å². The Balaban J connectivity index is 1.79. The van der Waals surface area contributed by atoms with Crippen LogP contribution in [0.5, 0.6) is 0 Å². The Morgan fingerprint density at radius 1 is 1.21 bits per heavy atom. The molecule has 0 spiro atoms. The second-order valence-corrected chi connectivity index (χ2v) is 7.76. The number of aryl methyl sites for hydroxylation is 1. The second-order valence-electron chi connectivity index (χ2n) is 6.82. The summed E-state index contributed by atoms with van der Waals surface area (Å²) in [5.74, 6) is -1.14. The lowest BCUT2D eigenvalue weighted by molar-refractivity contribution is -0.133. The van der Waals surface area contributed by atoms with Gasteiger partial charge in [0.15, 0.2) is 11.0 Å². The minimum atomic E-state index is -0.480. The number of nitrogens with zero attached hydrogens (tertiary/aromatic N) is 3. The molecule has 0 aliphatic carbocycles. The van der Waals surface area contributed by atoms with Crippen molar-refractivity contribution in [1.82, 2.24) is 9.47 Å². The van der Waals surface area contributed by atoms with Gasteiger partial charge in [-0.05, 0) is 50.6 Å². The molecule has 0 radical (unpaired) electrons. The number of carbonyl (C=O) groups excluding carboxylic acids is 3. The highest BCUT2D eigenvalue weighted by molar-refractivity contribution is 8.14. The van der Waals surface area contributed by atoms with E-state index in [1.54, 1.807) is 18.2 Å². The van der Waals surface area contributed by atoms with Crippen molar-refractivity contribution in [2.24, 2.45) is 4.99 Å². The molecule has 1 aliphatic heterocycles. The van der Waals surface area contributed by atoms with E-state index in [1.807, 2.05) is 25.3 Å². The lowest BCUT2D eigenvalue weighted by Gasteiger charge is -2.25. The number of amidine groups is 1. The van der Waals surface area contributed by atoms with E-state index in [1.165, 1.54) is 17.0 Å². The summed E-state index contributed by atoms with van der Waals surface area (Å²) >= 11 is 1.10. The monoisotopic (exact) mass is 415 g/mol. The van der Waals surface area contributed by atoms with Gasteiger partial charge in [0.05, 0.1) is 5.75 Å². The van der Waals surface area contributed by atoms with Crippen molar-refractivity contribution < 1.29 is 18.8 Å². The topological polar surface area (TPSA) is 71.7 Å². The molecule has 1 aromatic heterocycles. The summed E-state index contributed by atoms with van der Waals surface area (Å²) in [7, 11) is 0. The summed E-state index contributed by atoms with van der Waals surface area (Å²) in [6.07, 6.45) is 0.503. The van der Waals surface area contributed by atoms with Gasteiger partial charge in [0.2, 0.25) is 5.91 Å². The second kappa shape index (κ2) is 8.73. The molecular weight excluding hydrogens is 393 g/mol. The SMILES string of the molecule is CCCN1C(=O)CC(=O)N=C1SCC(=O)c1cc(C)n(-c2ccc(F)cc2)c1C. The minimum absolute atomic E-state index is 0.0628. The molecule has 2 heterocycles. The van der Waals surface area contributed by atoms with Crippen LogP contribution < -0.4 is 0 Å². The van der Waals surface area contributed by atoms with E-state index in [2.05, 4.69) is 4.99 Å². The standard InChI is InChI=1S/C21H22FN3O3S/c1-4-9-24-20(28)11-19(27)23-21(24)29-12-18(26)17-10-13(2)25(14(17)3)16-7-5-15(22)6-8-16/h5-8,10H,4,9,11-12H2,1-3H3. The Bertz CT molecular complexity index is 995. The summed E-state index contributed by atoms with van der Waals surface area (Å²) in [6.45, 7) is 6.11. The van der Waals surface area contributed by atoms with Crippen LogP contribution in [-0.4, -0.2) is 44.5 Å². The van der Waals surface area contributed by atoms with Gasteiger partial charge in [-0.2, -0.15) is 4.99 Å². The Hall–Kier alpha value is -2.74. The van der Waals surface area contributed by atoms with E-state index >= 15 is 0 Å². The van der Waals surface area contributed by atoms with Crippen LogP contribution in [-0.2, 0) is 9.59 Å². The van der Waals surface area contributed by atoms with Crippen molar-refractivity contribution in [2.45, 2.75) is 33.6 Å². The number of hydrogen-bond donors (Lipinski definition) is 0. The fourth-order valence-corrected chi connectivity index (χ4v) is 4.26. The van der Waals surface area contributed by atoms with Gasteiger partial charge in [-0.1, -0.05) is 18.7 Å². The maximum absolute atomic E-state index is 13.2. The van der Waals surface area contributed by atoms with Crippen molar-refractivity contribution in [3.05, 3.63) is 53.1 Å². The number of carbonyl (C=O) groups is 3. The Morgan fingerprint density at radius 2 is 1.90 bits per heavy atom. The molecule has 0 saturated carbocycles. The molecule has 0 unspecified atom stereocenters. The Morgan fingerprint density at radius 3 is 2.55 bits per heavy atom. The van der Waals surface area contributed by atoms with Gasteiger partial charge in [0.25, 0.3) is 5.91 Å². The van der Waals surface area contributed by atoms with Gasteiger partial charge in [-0.3, -0.25) is 19.3 Å². The smallest absolute Gasteiger partial charge is 0.257 e. The summed E-state index contributed by atoms with van der Waals surface area (Å²) in [4.78, 5) is 42.0. The van der Waals surface area contributed by atoms with Crippen LogP contribution in [0.4, 0.5) is 4.39 Å². The minimum Gasteiger partial charge on any atom is -0.318 e. The molecule has 0 fully saturated rings.